The summed E-state index contributed by atoms with van der Waals surface area (Å²) >= 11 is 1.81. The highest BCUT2D eigenvalue weighted by Gasteiger charge is 2.18. The van der Waals surface area contributed by atoms with Crippen molar-refractivity contribution < 1.29 is 0 Å². The summed E-state index contributed by atoms with van der Waals surface area (Å²) in [6.45, 7) is 0. The lowest BCUT2D eigenvalue weighted by molar-refractivity contribution is 1.07. The molecule has 62 heavy (non-hydrogen) atoms. The number of hydrogen-bond donors (Lipinski definition) is 0. The van der Waals surface area contributed by atoms with Crippen LogP contribution in [0.25, 0.3) is 115 Å². The zero-order valence-electron chi connectivity index (χ0n) is 33.5. The third-order valence-electron chi connectivity index (χ3n) is 11.9. The van der Waals surface area contributed by atoms with Crippen molar-refractivity contribution >= 4 is 53.3 Å². The summed E-state index contributed by atoms with van der Waals surface area (Å²) in [4.78, 5) is 15.2. The van der Waals surface area contributed by atoms with E-state index < -0.39 is 0 Å². The molecule has 0 saturated heterocycles. The van der Waals surface area contributed by atoms with Crippen molar-refractivity contribution in [3.05, 3.63) is 218 Å². The molecule has 0 radical (unpaired) electrons. The minimum atomic E-state index is 0.646. The van der Waals surface area contributed by atoms with Crippen molar-refractivity contribution in [1.82, 2.24) is 19.5 Å². The summed E-state index contributed by atoms with van der Waals surface area (Å²) in [5.41, 5.74) is 13.5. The highest BCUT2D eigenvalue weighted by Crippen LogP contribution is 2.42. The van der Waals surface area contributed by atoms with Crippen LogP contribution in [0.1, 0.15) is 0 Å². The summed E-state index contributed by atoms with van der Waals surface area (Å²) in [5, 5.41) is 4.95. The minimum Gasteiger partial charge on any atom is -0.309 e. The Labute approximate surface area is 362 Å². The lowest BCUT2D eigenvalue weighted by Gasteiger charge is -2.12. The second-order valence-corrected chi connectivity index (χ2v) is 16.7. The molecule has 3 heterocycles. The maximum atomic E-state index is 5.12. The number of benzene rings is 9. The van der Waals surface area contributed by atoms with Crippen molar-refractivity contribution in [1.29, 1.82) is 0 Å². The van der Waals surface area contributed by atoms with Gasteiger partial charge >= 0.3 is 0 Å². The van der Waals surface area contributed by atoms with Gasteiger partial charge in [-0.1, -0.05) is 164 Å². The summed E-state index contributed by atoms with van der Waals surface area (Å²) < 4.78 is 4.80. The van der Waals surface area contributed by atoms with E-state index in [1.807, 2.05) is 24.3 Å². The third-order valence-corrected chi connectivity index (χ3v) is 13.0. The Morgan fingerprint density at radius 1 is 0.290 bits per heavy atom. The molecule has 0 aliphatic heterocycles. The van der Waals surface area contributed by atoms with Gasteiger partial charge in [-0.25, -0.2) is 15.0 Å². The van der Waals surface area contributed by atoms with E-state index in [0.29, 0.717) is 17.5 Å². The summed E-state index contributed by atoms with van der Waals surface area (Å²) in [6, 6.07) is 77.6. The number of thiophene rings is 1. The Morgan fingerprint density at radius 2 is 0.823 bits per heavy atom. The van der Waals surface area contributed by atoms with E-state index >= 15 is 0 Å². The average molecular weight is 809 g/mol. The zero-order chi connectivity index (χ0) is 41.0. The van der Waals surface area contributed by atoms with E-state index in [4.69, 9.17) is 15.0 Å². The maximum Gasteiger partial charge on any atom is 0.164 e. The first-order valence-corrected chi connectivity index (χ1v) is 21.7. The van der Waals surface area contributed by atoms with E-state index in [9.17, 15) is 0 Å². The Bertz CT molecular complexity index is 3630. The van der Waals surface area contributed by atoms with Crippen LogP contribution in [0.4, 0.5) is 0 Å². The fraction of sp³-hybridized carbons (Fsp3) is 0. The van der Waals surface area contributed by atoms with Crippen molar-refractivity contribution in [2.75, 3.05) is 0 Å². The van der Waals surface area contributed by atoms with Crippen molar-refractivity contribution in [2.24, 2.45) is 0 Å². The van der Waals surface area contributed by atoms with Gasteiger partial charge in [0.05, 0.1) is 11.0 Å². The van der Waals surface area contributed by atoms with Crippen molar-refractivity contribution in [3.8, 4) is 73.2 Å². The molecular weight excluding hydrogens is 773 g/mol. The van der Waals surface area contributed by atoms with Crippen LogP contribution in [-0.2, 0) is 0 Å². The van der Waals surface area contributed by atoms with E-state index in [0.717, 1.165) is 33.5 Å². The lowest BCUT2D eigenvalue weighted by atomic mass is 9.93. The Balaban J connectivity index is 0.940. The number of hydrogen-bond acceptors (Lipinski definition) is 4. The van der Waals surface area contributed by atoms with Crippen molar-refractivity contribution in [3.63, 3.8) is 0 Å². The molecule has 0 amide bonds. The van der Waals surface area contributed by atoms with Gasteiger partial charge < -0.3 is 4.57 Å². The Kier molecular flexibility index (Phi) is 8.65. The first kappa shape index (κ1) is 35.9. The number of fused-ring (bicyclic) bond motifs is 6. The van der Waals surface area contributed by atoms with Crippen LogP contribution in [0.2, 0.25) is 0 Å². The molecule has 0 atom stereocenters. The molecule has 290 valence electrons. The largest absolute Gasteiger partial charge is 0.309 e. The fourth-order valence-electron chi connectivity index (χ4n) is 8.89. The van der Waals surface area contributed by atoms with Gasteiger partial charge in [-0.2, -0.15) is 0 Å². The molecule has 5 heteroatoms. The van der Waals surface area contributed by atoms with Gasteiger partial charge in [0.25, 0.3) is 0 Å². The molecular formula is C57H36N4S. The summed E-state index contributed by atoms with van der Waals surface area (Å²) in [7, 11) is 0. The molecule has 0 fully saturated rings. The number of aromatic nitrogens is 4. The quantitative estimate of drug-likeness (QED) is 0.161. The first-order valence-electron chi connectivity index (χ1n) is 20.8. The maximum absolute atomic E-state index is 5.12. The number of nitrogens with zero attached hydrogens (tertiary/aromatic N) is 4. The van der Waals surface area contributed by atoms with Gasteiger partial charge in [0, 0.05) is 53.3 Å². The molecule has 0 saturated carbocycles. The Morgan fingerprint density at radius 3 is 1.56 bits per heavy atom. The highest BCUT2D eigenvalue weighted by molar-refractivity contribution is 7.25. The molecule has 0 bridgehead atoms. The van der Waals surface area contributed by atoms with Gasteiger partial charge in [0.2, 0.25) is 0 Å². The molecule has 4 nitrogen and oxygen atoms in total. The average Bonchev–Trinajstić information content (AvgIpc) is 3.89. The molecule has 0 unspecified atom stereocenters. The second kappa shape index (κ2) is 14.9. The van der Waals surface area contributed by atoms with Crippen LogP contribution in [-0.4, -0.2) is 19.5 Å². The van der Waals surface area contributed by atoms with Crippen LogP contribution < -0.4 is 0 Å². The van der Waals surface area contributed by atoms with E-state index in [-0.39, 0.29) is 0 Å². The smallest absolute Gasteiger partial charge is 0.164 e. The van der Waals surface area contributed by atoms with E-state index in [1.54, 1.807) is 11.3 Å². The van der Waals surface area contributed by atoms with Gasteiger partial charge in [0.15, 0.2) is 17.5 Å². The van der Waals surface area contributed by atoms with Gasteiger partial charge in [0.1, 0.15) is 0 Å². The molecule has 0 N–H and O–H groups in total. The lowest BCUT2D eigenvalue weighted by Crippen LogP contribution is -2.00. The predicted octanol–water partition coefficient (Wildman–Crippen LogP) is 15.3. The second-order valence-electron chi connectivity index (χ2n) is 15.6. The topological polar surface area (TPSA) is 43.6 Å². The summed E-state index contributed by atoms with van der Waals surface area (Å²) in [6.07, 6.45) is 0. The predicted molar refractivity (Wildman–Crippen MR) is 260 cm³/mol. The SMILES string of the molecule is c1ccc(-c2cccc(-c3nc(-c4ccccc4)nc(-c4ccc5c(c4)sc4ccc(-c6ccccc6-c6ccc7c(c6)c6ccccc6n7-c6ccccc6)cc45)n3)c2)cc1. The normalized spacial score (nSPS) is 11.5. The number of para-hydroxylation sites is 2. The van der Waals surface area contributed by atoms with Crippen LogP contribution in [0.15, 0.2) is 218 Å². The van der Waals surface area contributed by atoms with E-state index in [2.05, 4.69) is 199 Å². The fourth-order valence-corrected chi connectivity index (χ4v) is 10.0. The molecule has 3 aromatic heterocycles. The first-order chi connectivity index (χ1) is 30.7. The summed E-state index contributed by atoms with van der Waals surface area (Å²) in [5.74, 6) is 1.95. The molecule has 12 rings (SSSR count). The Hall–Kier alpha value is -7.99. The standard InChI is InChI=1S/C57H36N4S/c1-4-15-37(16-5-1)39-19-14-20-42(33-39)56-58-55(38-17-6-2-7-18-38)59-57(60-56)43-27-30-48-50-35-41(29-32-53(50)62-54(48)36-43)46-24-11-10-23-45(46)40-28-31-52-49(34-40)47-25-12-13-26-51(47)61(52)44-21-8-3-9-22-44/h1-36H. The number of rotatable bonds is 7. The van der Waals surface area contributed by atoms with E-state index in [1.165, 1.54) is 64.2 Å². The van der Waals surface area contributed by atoms with Crippen LogP contribution >= 0.6 is 11.3 Å². The third kappa shape index (κ3) is 6.26. The molecule has 9 aromatic carbocycles. The monoisotopic (exact) mass is 808 g/mol. The molecule has 0 spiro atoms. The molecule has 12 aromatic rings. The van der Waals surface area contributed by atoms with Crippen LogP contribution in [0.3, 0.4) is 0 Å². The highest BCUT2D eigenvalue weighted by atomic mass is 32.1. The van der Waals surface area contributed by atoms with Gasteiger partial charge in [-0.15, -0.1) is 11.3 Å². The molecule has 0 aliphatic carbocycles. The van der Waals surface area contributed by atoms with Gasteiger partial charge in [-0.05, 0) is 88.0 Å². The molecule has 0 aliphatic rings. The van der Waals surface area contributed by atoms with Gasteiger partial charge in [-0.3, -0.25) is 0 Å². The van der Waals surface area contributed by atoms with Crippen LogP contribution in [0, 0.1) is 0 Å². The minimum absolute atomic E-state index is 0.646. The van der Waals surface area contributed by atoms with Crippen molar-refractivity contribution in [2.45, 2.75) is 0 Å². The van der Waals surface area contributed by atoms with Crippen LogP contribution in [0.5, 0.6) is 0 Å². The zero-order valence-corrected chi connectivity index (χ0v) is 34.3.